The molecule has 6 heteroatoms. The highest BCUT2D eigenvalue weighted by atomic mass is 16.5. The summed E-state index contributed by atoms with van der Waals surface area (Å²) in [6.07, 6.45) is 4.38. The molecule has 0 bridgehead atoms. The summed E-state index contributed by atoms with van der Waals surface area (Å²) in [5, 5.41) is 13.3. The molecular weight excluding hydrogens is 404 g/mol. The molecule has 0 amide bonds. The Bertz CT molecular complexity index is 1070. The Kier molecular flexibility index (Phi) is 6.30. The Morgan fingerprint density at radius 2 is 1.84 bits per heavy atom. The van der Waals surface area contributed by atoms with Crippen molar-refractivity contribution >= 4 is 11.7 Å². The van der Waals surface area contributed by atoms with Gasteiger partial charge in [-0.2, -0.15) is 0 Å². The average molecular weight is 433 g/mol. The summed E-state index contributed by atoms with van der Waals surface area (Å²) in [7, 11) is 1.59. The van der Waals surface area contributed by atoms with Crippen LogP contribution < -0.4 is 14.8 Å². The molecule has 1 heterocycles. The zero-order valence-electron chi connectivity index (χ0n) is 18.4. The summed E-state index contributed by atoms with van der Waals surface area (Å²) in [4.78, 5) is 16.7. The monoisotopic (exact) mass is 432 g/mol. The van der Waals surface area contributed by atoms with E-state index in [9.17, 15) is 9.90 Å². The van der Waals surface area contributed by atoms with Crippen molar-refractivity contribution in [1.82, 2.24) is 4.98 Å². The van der Waals surface area contributed by atoms with Gasteiger partial charge < -0.3 is 19.9 Å². The summed E-state index contributed by atoms with van der Waals surface area (Å²) in [5.74, 6) is 0.302. The Labute approximate surface area is 188 Å². The molecule has 2 N–H and O–H groups in total. The van der Waals surface area contributed by atoms with Crippen LogP contribution in [0.3, 0.4) is 0 Å². The number of ether oxygens (including phenoxy) is 2. The van der Waals surface area contributed by atoms with Gasteiger partial charge in [-0.3, -0.25) is 4.98 Å². The molecule has 166 valence electrons. The maximum Gasteiger partial charge on any atom is 0.330 e. The number of aromatic nitrogens is 1. The first-order chi connectivity index (χ1) is 15.5. The number of carboxylic acids is 1. The Hall–Kier alpha value is -3.54. The van der Waals surface area contributed by atoms with Gasteiger partial charge in [0.15, 0.2) is 11.5 Å². The number of benzene rings is 2. The lowest BCUT2D eigenvalue weighted by atomic mass is 9.95. The zero-order chi connectivity index (χ0) is 22.6. The summed E-state index contributed by atoms with van der Waals surface area (Å²) in [6.45, 7) is 2.54. The molecule has 1 aliphatic rings. The molecule has 0 aliphatic heterocycles. The van der Waals surface area contributed by atoms with E-state index in [4.69, 9.17) is 9.47 Å². The van der Waals surface area contributed by atoms with Crippen molar-refractivity contribution in [3.63, 3.8) is 0 Å². The van der Waals surface area contributed by atoms with Crippen LogP contribution >= 0.6 is 0 Å². The van der Waals surface area contributed by atoms with Gasteiger partial charge in [-0.15, -0.1) is 0 Å². The van der Waals surface area contributed by atoms with E-state index in [1.807, 2.05) is 42.6 Å². The van der Waals surface area contributed by atoms with Gasteiger partial charge in [0.1, 0.15) is 5.54 Å². The fourth-order valence-corrected chi connectivity index (χ4v) is 4.13. The molecule has 1 aliphatic carbocycles. The van der Waals surface area contributed by atoms with Gasteiger partial charge in [-0.1, -0.05) is 37.3 Å². The van der Waals surface area contributed by atoms with Crippen molar-refractivity contribution in [3.05, 3.63) is 83.2 Å². The van der Waals surface area contributed by atoms with Crippen molar-refractivity contribution in [3.8, 4) is 11.5 Å². The van der Waals surface area contributed by atoms with E-state index in [-0.39, 0.29) is 0 Å². The number of hydrogen-bond donors (Lipinski definition) is 2. The number of carbonyl (C=O) groups is 1. The maximum atomic E-state index is 12.3. The van der Waals surface area contributed by atoms with Crippen molar-refractivity contribution in [1.29, 1.82) is 0 Å². The second-order valence-corrected chi connectivity index (χ2v) is 8.11. The first-order valence-electron chi connectivity index (χ1n) is 10.9. The molecule has 1 aromatic heterocycles. The fourth-order valence-electron chi connectivity index (χ4n) is 4.13. The number of rotatable bonds is 9. The number of methoxy groups -OCH3 is 1. The summed E-state index contributed by atoms with van der Waals surface area (Å²) in [6, 6.07) is 17.4. The van der Waals surface area contributed by atoms with Gasteiger partial charge in [-0.05, 0) is 41.3 Å². The molecule has 2 aromatic carbocycles. The molecule has 32 heavy (non-hydrogen) atoms. The van der Waals surface area contributed by atoms with Gasteiger partial charge >= 0.3 is 5.97 Å². The van der Waals surface area contributed by atoms with Crippen LogP contribution in [0.2, 0.25) is 0 Å². The standard InChI is InChI=1S/C26H28N2O4/c1-3-18-8-9-21(27-17-18)12-13-32-24-14-22(10-11-23(24)31-2)28-26(25(29)30)15-19-6-4-5-7-20(19)16-26/h4-11,14,17,28H,3,12-13,15-16H2,1-2H3,(H,29,30). The summed E-state index contributed by atoms with van der Waals surface area (Å²) in [5.41, 5.74) is 3.89. The van der Waals surface area contributed by atoms with Gasteiger partial charge in [0, 0.05) is 42.9 Å². The molecule has 0 unspecified atom stereocenters. The molecule has 0 radical (unpaired) electrons. The molecule has 0 spiro atoms. The van der Waals surface area contributed by atoms with Gasteiger partial charge in [0.05, 0.1) is 13.7 Å². The van der Waals surface area contributed by atoms with Crippen LogP contribution in [0.15, 0.2) is 60.8 Å². The lowest BCUT2D eigenvalue weighted by Crippen LogP contribution is -2.47. The average Bonchev–Trinajstić information content (AvgIpc) is 3.19. The third kappa shape index (κ3) is 4.54. The van der Waals surface area contributed by atoms with Crippen molar-refractivity contribution in [2.45, 2.75) is 38.1 Å². The second-order valence-electron chi connectivity index (χ2n) is 8.11. The molecule has 0 saturated carbocycles. The molecule has 0 saturated heterocycles. The molecule has 0 fully saturated rings. The van der Waals surface area contributed by atoms with E-state index in [0.717, 1.165) is 23.2 Å². The molecule has 6 nitrogen and oxygen atoms in total. The van der Waals surface area contributed by atoms with Crippen molar-refractivity contribution in [2.24, 2.45) is 0 Å². The molecular formula is C26H28N2O4. The van der Waals surface area contributed by atoms with Crippen LogP contribution in [0, 0.1) is 0 Å². The third-order valence-electron chi connectivity index (χ3n) is 5.97. The summed E-state index contributed by atoms with van der Waals surface area (Å²) >= 11 is 0. The number of carboxylic acid groups (broad SMARTS) is 1. The van der Waals surface area contributed by atoms with Gasteiger partial charge in [0.25, 0.3) is 0 Å². The third-order valence-corrected chi connectivity index (χ3v) is 5.97. The van der Waals surface area contributed by atoms with E-state index < -0.39 is 11.5 Å². The lowest BCUT2D eigenvalue weighted by Gasteiger charge is -2.27. The maximum absolute atomic E-state index is 12.3. The minimum atomic E-state index is -1.08. The zero-order valence-corrected chi connectivity index (χ0v) is 18.4. The van der Waals surface area contributed by atoms with Crippen molar-refractivity contribution < 1.29 is 19.4 Å². The predicted molar refractivity (Wildman–Crippen MR) is 124 cm³/mol. The molecule has 0 atom stereocenters. The Balaban J connectivity index is 1.48. The van der Waals surface area contributed by atoms with Crippen LogP contribution in [0.25, 0.3) is 0 Å². The predicted octanol–water partition coefficient (Wildman–Crippen LogP) is 4.31. The highest BCUT2D eigenvalue weighted by molar-refractivity contribution is 5.85. The quantitative estimate of drug-likeness (QED) is 0.525. The van der Waals surface area contributed by atoms with E-state index in [1.54, 1.807) is 19.2 Å². The van der Waals surface area contributed by atoms with Gasteiger partial charge in [0.2, 0.25) is 0 Å². The number of anilines is 1. The van der Waals surface area contributed by atoms with Crippen LogP contribution in [-0.2, 0) is 30.5 Å². The van der Waals surface area contributed by atoms with E-state index in [2.05, 4.69) is 23.3 Å². The Morgan fingerprint density at radius 1 is 1.09 bits per heavy atom. The van der Waals surface area contributed by atoms with E-state index in [1.165, 1.54) is 5.56 Å². The van der Waals surface area contributed by atoms with E-state index >= 15 is 0 Å². The molecule has 3 aromatic rings. The van der Waals surface area contributed by atoms with Crippen LogP contribution in [-0.4, -0.2) is 35.3 Å². The number of aliphatic carboxylic acids is 1. The number of aryl methyl sites for hydroxylation is 1. The van der Waals surface area contributed by atoms with Crippen LogP contribution in [0.1, 0.15) is 29.3 Å². The lowest BCUT2D eigenvalue weighted by molar-refractivity contribution is -0.142. The van der Waals surface area contributed by atoms with Crippen molar-refractivity contribution in [2.75, 3.05) is 19.0 Å². The number of nitrogens with one attached hydrogen (secondary N) is 1. The minimum Gasteiger partial charge on any atom is -0.493 e. The largest absolute Gasteiger partial charge is 0.493 e. The molecule has 4 rings (SSSR count). The highest BCUT2D eigenvalue weighted by Gasteiger charge is 2.44. The smallest absolute Gasteiger partial charge is 0.330 e. The van der Waals surface area contributed by atoms with E-state index in [0.29, 0.717) is 43.1 Å². The Morgan fingerprint density at radius 3 is 2.44 bits per heavy atom. The number of hydrogen-bond acceptors (Lipinski definition) is 5. The highest BCUT2D eigenvalue weighted by Crippen LogP contribution is 2.36. The number of pyridine rings is 1. The first-order valence-corrected chi connectivity index (χ1v) is 10.9. The summed E-state index contributed by atoms with van der Waals surface area (Å²) < 4.78 is 11.4. The van der Waals surface area contributed by atoms with Gasteiger partial charge in [-0.25, -0.2) is 4.79 Å². The normalized spacial score (nSPS) is 13.9. The SMILES string of the molecule is CCc1ccc(CCOc2cc(NC3(C(=O)O)Cc4ccccc4C3)ccc2OC)nc1. The minimum absolute atomic E-state index is 0.431. The second kappa shape index (κ2) is 9.30. The fraction of sp³-hybridized carbons (Fsp3) is 0.308. The number of nitrogens with zero attached hydrogens (tertiary/aromatic N) is 1. The van der Waals surface area contributed by atoms with Crippen LogP contribution in [0.5, 0.6) is 11.5 Å². The number of fused-ring (bicyclic) bond motifs is 1. The van der Waals surface area contributed by atoms with Crippen LogP contribution in [0.4, 0.5) is 5.69 Å². The topological polar surface area (TPSA) is 80.7 Å². The first kappa shape index (κ1) is 21.7.